The molecule has 1 aromatic carbocycles. The molecule has 20 heavy (non-hydrogen) atoms. The van der Waals surface area contributed by atoms with Gasteiger partial charge in [-0.05, 0) is 12.1 Å². The van der Waals surface area contributed by atoms with Gasteiger partial charge in [-0.2, -0.15) is 0 Å². The quantitative estimate of drug-likeness (QED) is 0.549. The monoisotopic (exact) mass is 270 g/mol. The molecule has 3 rings (SSSR count). The standard InChI is InChI=1S/C14H18N6/c1-19-9-16-8-13(19)11(18-15)7-14-17-10-5-3-4-6-12(10)20(14)2/h3-6,8-9,11,18H,7,15H2,1-2H3. The Morgan fingerprint density at radius 2 is 2.10 bits per heavy atom. The zero-order valence-corrected chi connectivity index (χ0v) is 11.6. The molecule has 0 spiro atoms. The highest BCUT2D eigenvalue weighted by Crippen LogP contribution is 2.20. The third-order valence-electron chi connectivity index (χ3n) is 3.68. The van der Waals surface area contributed by atoms with Crippen LogP contribution in [0.25, 0.3) is 11.0 Å². The zero-order valence-electron chi connectivity index (χ0n) is 11.6. The van der Waals surface area contributed by atoms with Crippen molar-refractivity contribution < 1.29 is 0 Å². The van der Waals surface area contributed by atoms with Crippen LogP contribution in [-0.2, 0) is 20.5 Å². The fourth-order valence-corrected chi connectivity index (χ4v) is 2.51. The maximum atomic E-state index is 5.70. The number of nitrogens with two attached hydrogens (primary N) is 1. The molecule has 0 saturated heterocycles. The van der Waals surface area contributed by atoms with Crippen LogP contribution in [0.15, 0.2) is 36.8 Å². The predicted molar refractivity (Wildman–Crippen MR) is 77.7 cm³/mol. The summed E-state index contributed by atoms with van der Waals surface area (Å²) in [6.45, 7) is 0. The van der Waals surface area contributed by atoms with Crippen LogP contribution in [0.5, 0.6) is 0 Å². The highest BCUT2D eigenvalue weighted by atomic mass is 15.3. The lowest BCUT2D eigenvalue weighted by atomic mass is 10.1. The molecule has 0 saturated carbocycles. The Bertz CT molecular complexity index is 726. The molecule has 2 heterocycles. The number of para-hydroxylation sites is 2. The predicted octanol–water partition coefficient (Wildman–Crippen LogP) is 1.05. The van der Waals surface area contributed by atoms with E-state index in [-0.39, 0.29) is 6.04 Å². The number of rotatable bonds is 4. The molecular weight excluding hydrogens is 252 g/mol. The van der Waals surface area contributed by atoms with Gasteiger partial charge in [-0.25, -0.2) is 9.97 Å². The van der Waals surface area contributed by atoms with E-state index in [1.54, 1.807) is 6.33 Å². The Hall–Kier alpha value is -2.18. The first-order valence-corrected chi connectivity index (χ1v) is 6.53. The lowest BCUT2D eigenvalue weighted by molar-refractivity contribution is 0.505. The molecule has 0 aliphatic heterocycles. The van der Waals surface area contributed by atoms with Crippen LogP contribution >= 0.6 is 0 Å². The van der Waals surface area contributed by atoms with Gasteiger partial charge in [0.05, 0.1) is 29.1 Å². The van der Waals surface area contributed by atoms with E-state index in [0.717, 1.165) is 22.6 Å². The van der Waals surface area contributed by atoms with E-state index in [9.17, 15) is 0 Å². The first-order chi connectivity index (χ1) is 9.70. The van der Waals surface area contributed by atoms with Crippen LogP contribution in [-0.4, -0.2) is 19.1 Å². The van der Waals surface area contributed by atoms with E-state index >= 15 is 0 Å². The van der Waals surface area contributed by atoms with Gasteiger partial charge in [-0.15, -0.1) is 0 Å². The zero-order chi connectivity index (χ0) is 14.1. The van der Waals surface area contributed by atoms with Gasteiger partial charge in [-0.3, -0.25) is 11.3 Å². The summed E-state index contributed by atoms with van der Waals surface area (Å²) in [6.07, 6.45) is 4.31. The number of hydrazine groups is 1. The van der Waals surface area contributed by atoms with E-state index in [1.807, 2.05) is 43.1 Å². The van der Waals surface area contributed by atoms with Crippen molar-refractivity contribution in [2.45, 2.75) is 12.5 Å². The van der Waals surface area contributed by atoms with Crippen LogP contribution in [0, 0.1) is 0 Å². The normalized spacial score (nSPS) is 12.9. The van der Waals surface area contributed by atoms with E-state index in [0.29, 0.717) is 6.42 Å². The highest BCUT2D eigenvalue weighted by molar-refractivity contribution is 5.75. The minimum absolute atomic E-state index is 0.0157. The largest absolute Gasteiger partial charge is 0.336 e. The first kappa shape index (κ1) is 12.8. The summed E-state index contributed by atoms with van der Waals surface area (Å²) in [4.78, 5) is 8.81. The summed E-state index contributed by atoms with van der Waals surface area (Å²) in [6, 6.07) is 8.10. The van der Waals surface area contributed by atoms with Crippen LogP contribution in [0.3, 0.4) is 0 Å². The van der Waals surface area contributed by atoms with Gasteiger partial charge in [0.1, 0.15) is 5.82 Å². The number of fused-ring (bicyclic) bond motifs is 1. The van der Waals surface area contributed by atoms with Crippen LogP contribution in [0.2, 0.25) is 0 Å². The summed E-state index contributed by atoms with van der Waals surface area (Å²) in [5.74, 6) is 6.69. The summed E-state index contributed by atoms with van der Waals surface area (Å²) >= 11 is 0. The number of aryl methyl sites for hydroxylation is 2. The maximum Gasteiger partial charge on any atom is 0.111 e. The first-order valence-electron chi connectivity index (χ1n) is 6.53. The smallest absolute Gasteiger partial charge is 0.111 e. The van der Waals surface area contributed by atoms with E-state index < -0.39 is 0 Å². The summed E-state index contributed by atoms with van der Waals surface area (Å²) in [5.41, 5.74) is 6.03. The third-order valence-corrected chi connectivity index (χ3v) is 3.68. The lowest BCUT2D eigenvalue weighted by Gasteiger charge is -2.16. The van der Waals surface area contributed by atoms with Gasteiger partial charge in [0, 0.05) is 26.7 Å². The second-order valence-electron chi connectivity index (χ2n) is 4.93. The van der Waals surface area contributed by atoms with Crippen molar-refractivity contribution >= 4 is 11.0 Å². The van der Waals surface area contributed by atoms with Gasteiger partial charge >= 0.3 is 0 Å². The summed E-state index contributed by atoms with van der Waals surface area (Å²) in [5, 5.41) is 0. The number of aromatic nitrogens is 4. The molecule has 104 valence electrons. The molecule has 0 aliphatic rings. The van der Waals surface area contributed by atoms with Crippen LogP contribution in [0.1, 0.15) is 17.6 Å². The fourth-order valence-electron chi connectivity index (χ4n) is 2.51. The number of nitrogens with one attached hydrogen (secondary N) is 1. The molecule has 6 heteroatoms. The molecule has 0 radical (unpaired) electrons. The molecule has 0 amide bonds. The minimum atomic E-state index is -0.0157. The maximum absolute atomic E-state index is 5.70. The van der Waals surface area contributed by atoms with E-state index in [1.165, 1.54) is 0 Å². The Morgan fingerprint density at radius 1 is 1.30 bits per heavy atom. The number of hydrogen-bond donors (Lipinski definition) is 2. The molecule has 6 nitrogen and oxygen atoms in total. The Morgan fingerprint density at radius 3 is 2.75 bits per heavy atom. The second kappa shape index (κ2) is 5.07. The van der Waals surface area contributed by atoms with Crippen molar-refractivity contribution in [3.05, 3.63) is 48.3 Å². The van der Waals surface area contributed by atoms with Crippen LogP contribution in [0.4, 0.5) is 0 Å². The average molecular weight is 270 g/mol. The molecule has 3 aromatic rings. The van der Waals surface area contributed by atoms with Crippen LogP contribution < -0.4 is 11.3 Å². The van der Waals surface area contributed by atoms with Gasteiger partial charge in [0.15, 0.2) is 0 Å². The Balaban J connectivity index is 1.95. The topological polar surface area (TPSA) is 73.7 Å². The van der Waals surface area contributed by atoms with E-state index in [2.05, 4.69) is 26.0 Å². The van der Waals surface area contributed by atoms with Crippen molar-refractivity contribution in [2.75, 3.05) is 0 Å². The molecule has 0 fully saturated rings. The molecular formula is C14H18N6. The SMILES string of the molecule is Cn1cncc1C(Cc1nc2ccccc2n1C)NN. The number of imidazole rings is 2. The highest BCUT2D eigenvalue weighted by Gasteiger charge is 2.17. The van der Waals surface area contributed by atoms with Gasteiger partial charge < -0.3 is 9.13 Å². The summed E-state index contributed by atoms with van der Waals surface area (Å²) < 4.78 is 4.07. The molecule has 0 aliphatic carbocycles. The molecule has 0 bridgehead atoms. The average Bonchev–Trinajstić information content (AvgIpc) is 3.01. The minimum Gasteiger partial charge on any atom is -0.336 e. The number of nitrogens with zero attached hydrogens (tertiary/aromatic N) is 4. The van der Waals surface area contributed by atoms with Crippen molar-refractivity contribution in [1.29, 1.82) is 0 Å². The van der Waals surface area contributed by atoms with Crippen molar-refractivity contribution in [1.82, 2.24) is 24.5 Å². The fraction of sp³-hybridized carbons (Fsp3) is 0.286. The third kappa shape index (κ3) is 2.09. The molecule has 1 unspecified atom stereocenters. The number of hydrogen-bond acceptors (Lipinski definition) is 4. The van der Waals surface area contributed by atoms with Crippen molar-refractivity contribution in [2.24, 2.45) is 19.9 Å². The number of benzene rings is 1. The van der Waals surface area contributed by atoms with Crippen molar-refractivity contribution in [3.63, 3.8) is 0 Å². The van der Waals surface area contributed by atoms with Gasteiger partial charge in [-0.1, -0.05) is 12.1 Å². The van der Waals surface area contributed by atoms with E-state index in [4.69, 9.17) is 5.84 Å². The molecule has 3 N–H and O–H groups in total. The Labute approximate surface area is 117 Å². The Kier molecular flexibility index (Phi) is 3.25. The van der Waals surface area contributed by atoms with Crippen molar-refractivity contribution in [3.8, 4) is 0 Å². The lowest BCUT2D eigenvalue weighted by Crippen LogP contribution is -2.31. The van der Waals surface area contributed by atoms with Gasteiger partial charge in [0.2, 0.25) is 0 Å². The second-order valence-corrected chi connectivity index (χ2v) is 4.93. The molecule has 1 atom stereocenters. The van der Waals surface area contributed by atoms with Gasteiger partial charge in [0.25, 0.3) is 0 Å². The summed E-state index contributed by atoms with van der Waals surface area (Å²) in [7, 11) is 3.99. The molecule has 2 aromatic heterocycles.